The number of carbonyl (C=O) groups excluding carboxylic acids is 2. The molecule has 0 radical (unpaired) electrons. The van der Waals surface area contributed by atoms with E-state index in [1.807, 2.05) is 31.2 Å². The molecule has 5 nitrogen and oxygen atoms in total. The highest BCUT2D eigenvalue weighted by Gasteiger charge is 2.07. The molecule has 0 saturated carbocycles. The van der Waals surface area contributed by atoms with E-state index < -0.39 is 0 Å². The second-order valence-corrected chi connectivity index (χ2v) is 4.52. The van der Waals surface area contributed by atoms with Crippen molar-refractivity contribution in [1.82, 2.24) is 10.6 Å². The van der Waals surface area contributed by atoms with E-state index in [2.05, 4.69) is 22.9 Å². The molecule has 1 aromatic carbocycles. The average Bonchev–Trinajstić information content (AvgIpc) is 2.46. The molecule has 20 heavy (non-hydrogen) atoms. The zero-order valence-electron chi connectivity index (χ0n) is 12.2. The van der Waals surface area contributed by atoms with Gasteiger partial charge >= 0.3 is 6.03 Å². The molecule has 0 aliphatic heterocycles. The van der Waals surface area contributed by atoms with E-state index in [-0.39, 0.29) is 18.5 Å². The Kier molecular flexibility index (Phi) is 7.17. The predicted molar refractivity (Wildman–Crippen MR) is 80.8 cm³/mol. The van der Waals surface area contributed by atoms with E-state index >= 15 is 0 Å². The Morgan fingerprint density at radius 2 is 1.85 bits per heavy atom. The van der Waals surface area contributed by atoms with Gasteiger partial charge in [-0.2, -0.15) is 0 Å². The number of nitrogens with one attached hydrogen (secondary N) is 3. The van der Waals surface area contributed by atoms with Crippen LogP contribution in [0.2, 0.25) is 0 Å². The summed E-state index contributed by atoms with van der Waals surface area (Å²) >= 11 is 0. The quantitative estimate of drug-likeness (QED) is 0.669. The van der Waals surface area contributed by atoms with Gasteiger partial charge in [-0.25, -0.2) is 4.79 Å². The standard InChI is InChI=1S/C15H23N3O2/c1-3-5-10-16-15(20)17-11-14(19)18-13-9-7-6-8-12(13)4-2/h6-9H,3-5,10-11H2,1-2H3,(H,18,19)(H2,16,17,20). The van der Waals surface area contributed by atoms with Gasteiger partial charge in [0.15, 0.2) is 0 Å². The molecule has 5 heteroatoms. The largest absolute Gasteiger partial charge is 0.338 e. The van der Waals surface area contributed by atoms with Gasteiger partial charge in [0.25, 0.3) is 0 Å². The van der Waals surface area contributed by atoms with Crippen LogP contribution in [0.15, 0.2) is 24.3 Å². The van der Waals surface area contributed by atoms with Crippen LogP contribution in [0.3, 0.4) is 0 Å². The number of urea groups is 1. The molecule has 110 valence electrons. The summed E-state index contributed by atoms with van der Waals surface area (Å²) in [6, 6.07) is 7.34. The molecular weight excluding hydrogens is 254 g/mol. The monoisotopic (exact) mass is 277 g/mol. The van der Waals surface area contributed by atoms with Crippen molar-refractivity contribution in [2.45, 2.75) is 33.1 Å². The molecular formula is C15H23N3O2. The fourth-order valence-electron chi connectivity index (χ4n) is 1.75. The van der Waals surface area contributed by atoms with Gasteiger partial charge in [-0.05, 0) is 24.5 Å². The smallest absolute Gasteiger partial charge is 0.315 e. The zero-order valence-corrected chi connectivity index (χ0v) is 12.2. The Labute approximate surface area is 120 Å². The third kappa shape index (κ3) is 5.73. The summed E-state index contributed by atoms with van der Waals surface area (Å²) < 4.78 is 0. The van der Waals surface area contributed by atoms with Crippen molar-refractivity contribution < 1.29 is 9.59 Å². The predicted octanol–water partition coefficient (Wildman–Crippen LogP) is 2.29. The first-order valence-corrected chi connectivity index (χ1v) is 7.06. The molecule has 0 aliphatic carbocycles. The highest BCUT2D eigenvalue weighted by molar-refractivity contribution is 5.94. The molecule has 3 N–H and O–H groups in total. The summed E-state index contributed by atoms with van der Waals surface area (Å²) in [6.07, 6.45) is 2.81. The van der Waals surface area contributed by atoms with Crippen LogP contribution in [-0.2, 0) is 11.2 Å². The van der Waals surface area contributed by atoms with E-state index in [1.54, 1.807) is 0 Å². The summed E-state index contributed by atoms with van der Waals surface area (Å²) in [5.41, 5.74) is 1.88. The number of aryl methyl sites for hydroxylation is 1. The van der Waals surface area contributed by atoms with E-state index in [0.29, 0.717) is 6.54 Å². The lowest BCUT2D eigenvalue weighted by Crippen LogP contribution is -2.40. The Morgan fingerprint density at radius 3 is 2.55 bits per heavy atom. The second kappa shape index (κ2) is 8.96. The van der Waals surface area contributed by atoms with Crippen LogP contribution in [0.1, 0.15) is 32.3 Å². The van der Waals surface area contributed by atoms with Crippen LogP contribution in [0.5, 0.6) is 0 Å². The molecule has 0 bridgehead atoms. The maximum Gasteiger partial charge on any atom is 0.315 e. The molecule has 0 spiro atoms. The van der Waals surface area contributed by atoms with Crippen LogP contribution in [0, 0.1) is 0 Å². The number of rotatable bonds is 7. The van der Waals surface area contributed by atoms with Crippen LogP contribution in [0.4, 0.5) is 10.5 Å². The average molecular weight is 277 g/mol. The van der Waals surface area contributed by atoms with Crippen LogP contribution in [-0.4, -0.2) is 25.0 Å². The number of anilines is 1. The lowest BCUT2D eigenvalue weighted by molar-refractivity contribution is -0.115. The fraction of sp³-hybridized carbons (Fsp3) is 0.467. The molecule has 3 amide bonds. The third-order valence-corrected chi connectivity index (χ3v) is 2.90. The number of benzene rings is 1. The van der Waals surface area contributed by atoms with E-state index in [0.717, 1.165) is 30.5 Å². The topological polar surface area (TPSA) is 70.2 Å². The van der Waals surface area contributed by atoms with Gasteiger partial charge in [0.1, 0.15) is 0 Å². The Balaban J connectivity index is 2.35. The molecule has 0 saturated heterocycles. The minimum absolute atomic E-state index is 0.0317. The number of amides is 3. The van der Waals surface area contributed by atoms with Gasteiger partial charge < -0.3 is 16.0 Å². The third-order valence-electron chi connectivity index (χ3n) is 2.90. The lowest BCUT2D eigenvalue weighted by atomic mass is 10.1. The Morgan fingerprint density at radius 1 is 1.10 bits per heavy atom. The van der Waals surface area contributed by atoms with Gasteiger partial charge in [-0.15, -0.1) is 0 Å². The van der Waals surface area contributed by atoms with Gasteiger partial charge in [0.05, 0.1) is 6.54 Å². The number of carbonyl (C=O) groups is 2. The summed E-state index contributed by atoms with van der Waals surface area (Å²) in [5, 5.41) is 8.03. The number of para-hydroxylation sites is 1. The summed E-state index contributed by atoms with van der Waals surface area (Å²) in [7, 11) is 0. The van der Waals surface area contributed by atoms with Crippen molar-refractivity contribution >= 4 is 17.6 Å². The Bertz CT molecular complexity index is 446. The minimum atomic E-state index is -0.308. The lowest BCUT2D eigenvalue weighted by Gasteiger charge is -2.10. The summed E-state index contributed by atoms with van der Waals surface area (Å²) in [6.45, 7) is 4.68. The van der Waals surface area contributed by atoms with Crippen molar-refractivity contribution in [2.75, 3.05) is 18.4 Å². The van der Waals surface area contributed by atoms with E-state index in [1.165, 1.54) is 0 Å². The fourth-order valence-corrected chi connectivity index (χ4v) is 1.75. The maximum atomic E-state index is 11.8. The van der Waals surface area contributed by atoms with Crippen molar-refractivity contribution in [3.8, 4) is 0 Å². The molecule has 0 aliphatic rings. The first kappa shape index (κ1) is 16.0. The molecule has 1 rings (SSSR count). The SMILES string of the molecule is CCCCNC(=O)NCC(=O)Nc1ccccc1CC. The maximum absolute atomic E-state index is 11.8. The molecule has 0 atom stereocenters. The van der Waals surface area contributed by atoms with Crippen molar-refractivity contribution in [1.29, 1.82) is 0 Å². The summed E-state index contributed by atoms with van der Waals surface area (Å²) in [4.78, 5) is 23.2. The molecule has 0 aromatic heterocycles. The summed E-state index contributed by atoms with van der Waals surface area (Å²) in [5.74, 6) is -0.225. The van der Waals surface area contributed by atoms with E-state index in [9.17, 15) is 9.59 Å². The van der Waals surface area contributed by atoms with Gasteiger partial charge in [0, 0.05) is 12.2 Å². The number of unbranched alkanes of at least 4 members (excludes halogenated alkanes) is 1. The van der Waals surface area contributed by atoms with Crippen molar-refractivity contribution in [3.63, 3.8) is 0 Å². The van der Waals surface area contributed by atoms with Crippen LogP contribution in [0.25, 0.3) is 0 Å². The van der Waals surface area contributed by atoms with Gasteiger partial charge in [0.2, 0.25) is 5.91 Å². The number of hydrogen-bond donors (Lipinski definition) is 3. The van der Waals surface area contributed by atoms with E-state index in [4.69, 9.17) is 0 Å². The van der Waals surface area contributed by atoms with Crippen LogP contribution >= 0.6 is 0 Å². The molecule has 0 heterocycles. The second-order valence-electron chi connectivity index (χ2n) is 4.52. The van der Waals surface area contributed by atoms with Crippen LogP contribution < -0.4 is 16.0 Å². The first-order valence-electron chi connectivity index (χ1n) is 7.06. The highest BCUT2D eigenvalue weighted by Crippen LogP contribution is 2.14. The first-order chi connectivity index (χ1) is 9.67. The zero-order chi connectivity index (χ0) is 14.8. The Hall–Kier alpha value is -2.04. The van der Waals surface area contributed by atoms with Gasteiger partial charge in [-0.1, -0.05) is 38.5 Å². The van der Waals surface area contributed by atoms with Crippen molar-refractivity contribution in [3.05, 3.63) is 29.8 Å². The molecule has 0 unspecified atom stereocenters. The normalized spacial score (nSPS) is 9.90. The highest BCUT2D eigenvalue weighted by atomic mass is 16.2. The number of hydrogen-bond acceptors (Lipinski definition) is 2. The van der Waals surface area contributed by atoms with Crippen molar-refractivity contribution in [2.24, 2.45) is 0 Å². The molecule has 0 fully saturated rings. The van der Waals surface area contributed by atoms with Gasteiger partial charge in [-0.3, -0.25) is 4.79 Å². The molecule has 1 aromatic rings. The minimum Gasteiger partial charge on any atom is -0.338 e.